The van der Waals surface area contributed by atoms with Crippen molar-refractivity contribution in [2.24, 2.45) is 11.8 Å². The summed E-state index contributed by atoms with van der Waals surface area (Å²) in [7, 11) is 0. The van der Waals surface area contributed by atoms with Gasteiger partial charge in [0.15, 0.2) is 0 Å². The summed E-state index contributed by atoms with van der Waals surface area (Å²) in [6.07, 6.45) is 2.02. The number of nitrogens with one attached hydrogen (secondary N) is 2. The number of nitrogens with zero attached hydrogens (tertiary/aromatic N) is 1. The van der Waals surface area contributed by atoms with Crippen molar-refractivity contribution < 1.29 is 24.2 Å². The zero-order valence-electron chi connectivity index (χ0n) is 18.8. The second-order valence-electron chi connectivity index (χ2n) is 9.38. The van der Waals surface area contributed by atoms with E-state index in [-0.39, 0.29) is 36.5 Å². The van der Waals surface area contributed by atoms with Crippen LogP contribution in [0.5, 0.6) is 0 Å². The molecule has 0 saturated carbocycles. The van der Waals surface area contributed by atoms with E-state index in [1.807, 2.05) is 44.2 Å². The number of amides is 3. The van der Waals surface area contributed by atoms with Gasteiger partial charge < -0.3 is 25.4 Å². The zero-order chi connectivity index (χ0) is 22.9. The van der Waals surface area contributed by atoms with Crippen LogP contribution in [0.25, 0.3) is 0 Å². The van der Waals surface area contributed by atoms with Crippen molar-refractivity contribution in [3.05, 3.63) is 35.9 Å². The number of likely N-dealkylation sites (tertiary alicyclic amines) is 1. The third-order valence-corrected chi connectivity index (χ3v) is 6.90. The Balaban J connectivity index is 1.58. The molecule has 8 heteroatoms. The van der Waals surface area contributed by atoms with Gasteiger partial charge in [0.2, 0.25) is 17.7 Å². The third kappa shape index (κ3) is 3.90. The lowest BCUT2D eigenvalue weighted by molar-refractivity contribution is -0.142. The molecule has 32 heavy (non-hydrogen) atoms. The van der Waals surface area contributed by atoms with E-state index in [9.17, 15) is 19.5 Å². The molecular formula is C24H33N3O5. The van der Waals surface area contributed by atoms with E-state index in [1.54, 1.807) is 4.90 Å². The number of aliphatic hydroxyl groups is 1. The molecule has 2 bridgehead atoms. The highest BCUT2D eigenvalue weighted by atomic mass is 16.5. The van der Waals surface area contributed by atoms with Crippen LogP contribution in [0.1, 0.15) is 45.1 Å². The molecule has 174 valence electrons. The third-order valence-electron chi connectivity index (χ3n) is 6.90. The molecule has 8 nitrogen and oxygen atoms in total. The molecule has 3 saturated heterocycles. The lowest BCUT2D eigenvalue weighted by atomic mass is 9.70. The van der Waals surface area contributed by atoms with E-state index in [0.29, 0.717) is 38.8 Å². The summed E-state index contributed by atoms with van der Waals surface area (Å²) in [4.78, 5) is 41.6. The fourth-order valence-electron chi connectivity index (χ4n) is 5.65. The molecule has 3 aliphatic rings. The maximum Gasteiger partial charge on any atom is 0.246 e. The standard InChI is InChI=1S/C24H33N3O5/c1-15(2)26-22(30)20-24-11-10-17(32-24)18(19(24)23(31)27(20)12-6-7-13-28)21(29)25-14-16-8-4-3-5-9-16/h3-5,8-9,15,17-20,28H,6-7,10-14H2,1-2H3,(H,25,29)(H,26,30)/t17-,18+,19+,20?,24?/m1/s1. The monoisotopic (exact) mass is 443 g/mol. The number of unbranched alkanes of at least 4 members (excludes halogenated alkanes) is 1. The van der Waals surface area contributed by atoms with E-state index in [0.717, 1.165) is 5.56 Å². The number of hydrogen-bond donors (Lipinski definition) is 3. The van der Waals surface area contributed by atoms with Gasteiger partial charge in [0.25, 0.3) is 0 Å². The van der Waals surface area contributed by atoms with Crippen molar-refractivity contribution >= 4 is 17.7 Å². The van der Waals surface area contributed by atoms with Gasteiger partial charge >= 0.3 is 0 Å². The first-order valence-corrected chi connectivity index (χ1v) is 11.6. The summed E-state index contributed by atoms with van der Waals surface area (Å²) in [5.74, 6) is -1.87. The van der Waals surface area contributed by atoms with E-state index >= 15 is 0 Å². The Morgan fingerprint density at radius 2 is 1.97 bits per heavy atom. The van der Waals surface area contributed by atoms with Gasteiger partial charge in [-0.3, -0.25) is 14.4 Å². The molecule has 0 aromatic heterocycles. The molecular weight excluding hydrogens is 410 g/mol. The molecule has 1 aromatic rings. The Labute approximate surface area is 188 Å². The van der Waals surface area contributed by atoms with Crippen molar-refractivity contribution in [1.82, 2.24) is 15.5 Å². The molecule has 3 fully saturated rings. The quantitative estimate of drug-likeness (QED) is 0.493. The Morgan fingerprint density at radius 1 is 1.22 bits per heavy atom. The van der Waals surface area contributed by atoms with E-state index in [1.165, 1.54) is 0 Å². The summed E-state index contributed by atoms with van der Waals surface area (Å²) in [6, 6.07) is 8.81. The van der Waals surface area contributed by atoms with Gasteiger partial charge in [-0.05, 0) is 45.1 Å². The fourth-order valence-corrected chi connectivity index (χ4v) is 5.65. The van der Waals surface area contributed by atoms with Crippen molar-refractivity contribution in [2.45, 2.75) is 69.9 Å². The number of hydrogen-bond acceptors (Lipinski definition) is 5. The lowest BCUT2D eigenvalue weighted by Gasteiger charge is -2.34. The van der Waals surface area contributed by atoms with Crippen LogP contribution in [-0.4, -0.2) is 64.7 Å². The van der Waals surface area contributed by atoms with E-state index < -0.39 is 23.5 Å². The highest BCUT2D eigenvalue weighted by molar-refractivity contribution is 5.98. The van der Waals surface area contributed by atoms with Gasteiger partial charge in [0, 0.05) is 25.7 Å². The summed E-state index contributed by atoms with van der Waals surface area (Å²) in [5.41, 5.74) is 0.0199. The molecule has 3 aliphatic heterocycles. The highest BCUT2D eigenvalue weighted by Gasteiger charge is 2.74. The van der Waals surface area contributed by atoms with Crippen molar-refractivity contribution in [1.29, 1.82) is 0 Å². The van der Waals surface area contributed by atoms with Crippen LogP contribution < -0.4 is 10.6 Å². The maximum atomic E-state index is 13.6. The van der Waals surface area contributed by atoms with Crippen LogP contribution in [0, 0.1) is 11.8 Å². The lowest BCUT2D eigenvalue weighted by Crippen LogP contribution is -2.56. The topological polar surface area (TPSA) is 108 Å². The Bertz CT molecular complexity index is 860. The van der Waals surface area contributed by atoms with Gasteiger partial charge in [-0.15, -0.1) is 0 Å². The Hall–Kier alpha value is -2.45. The number of carbonyl (C=O) groups excluding carboxylic acids is 3. The molecule has 3 heterocycles. The summed E-state index contributed by atoms with van der Waals surface area (Å²) in [6.45, 7) is 4.54. The first-order valence-electron chi connectivity index (χ1n) is 11.6. The van der Waals surface area contributed by atoms with Crippen LogP contribution >= 0.6 is 0 Å². The number of aliphatic hydroxyl groups excluding tert-OH is 1. The molecule has 1 aromatic carbocycles. The number of carbonyl (C=O) groups is 3. The van der Waals surface area contributed by atoms with Gasteiger partial charge in [-0.1, -0.05) is 30.3 Å². The predicted molar refractivity (Wildman–Crippen MR) is 117 cm³/mol. The molecule has 3 N–H and O–H groups in total. The van der Waals surface area contributed by atoms with Crippen molar-refractivity contribution in [3.8, 4) is 0 Å². The highest BCUT2D eigenvalue weighted by Crippen LogP contribution is 2.58. The first-order chi connectivity index (χ1) is 15.4. The summed E-state index contributed by atoms with van der Waals surface area (Å²) >= 11 is 0. The second kappa shape index (κ2) is 9.19. The van der Waals surface area contributed by atoms with Crippen LogP contribution in [0.15, 0.2) is 30.3 Å². The minimum Gasteiger partial charge on any atom is -0.396 e. The molecule has 3 amide bonds. The minimum atomic E-state index is -0.964. The number of benzene rings is 1. The van der Waals surface area contributed by atoms with Crippen molar-refractivity contribution in [3.63, 3.8) is 0 Å². The molecule has 5 atom stereocenters. The molecule has 0 radical (unpaired) electrons. The number of rotatable bonds is 9. The van der Waals surface area contributed by atoms with Crippen LogP contribution in [0.2, 0.25) is 0 Å². The molecule has 1 spiro atoms. The summed E-state index contributed by atoms with van der Waals surface area (Å²) in [5, 5.41) is 15.1. The van der Waals surface area contributed by atoms with Crippen LogP contribution in [0.3, 0.4) is 0 Å². The van der Waals surface area contributed by atoms with E-state index in [4.69, 9.17) is 4.74 Å². The SMILES string of the molecule is CC(C)NC(=O)C1N(CCCCO)C(=O)[C@@H]2[C@@H](C(=O)NCc3ccccc3)[C@H]3CCC12O3. The normalized spacial score (nSPS) is 30.6. The zero-order valence-corrected chi connectivity index (χ0v) is 18.8. The second-order valence-corrected chi connectivity index (χ2v) is 9.38. The van der Waals surface area contributed by atoms with E-state index in [2.05, 4.69) is 10.6 Å². The van der Waals surface area contributed by atoms with Gasteiger partial charge in [-0.2, -0.15) is 0 Å². The average Bonchev–Trinajstić information content (AvgIpc) is 3.40. The van der Waals surface area contributed by atoms with Crippen LogP contribution in [-0.2, 0) is 25.7 Å². The fraction of sp³-hybridized carbons (Fsp3) is 0.625. The number of ether oxygens (including phenoxy) is 1. The average molecular weight is 444 g/mol. The molecule has 4 rings (SSSR count). The van der Waals surface area contributed by atoms with Gasteiger partial charge in [0.05, 0.1) is 17.9 Å². The predicted octanol–water partition coefficient (Wildman–Crippen LogP) is 0.975. The summed E-state index contributed by atoms with van der Waals surface area (Å²) < 4.78 is 6.36. The molecule has 2 unspecified atom stereocenters. The molecule has 0 aliphatic carbocycles. The van der Waals surface area contributed by atoms with Gasteiger partial charge in [-0.25, -0.2) is 0 Å². The van der Waals surface area contributed by atoms with Crippen molar-refractivity contribution in [2.75, 3.05) is 13.2 Å². The minimum absolute atomic E-state index is 0.0303. The first kappa shape index (κ1) is 22.7. The smallest absolute Gasteiger partial charge is 0.246 e. The van der Waals surface area contributed by atoms with Gasteiger partial charge in [0.1, 0.15) is 11.6 Å². The Morgan fingerprint density at radius 3 is 2.66 bits per heavy atom. The maximum absolute atomic E-state index is 13.6. The van der Waals surface area contributed by atoms with Crippen LogP contribution in [0.4, 0.5) is 0 Å². The largest absolute Gasteiger partial charge is 0.396 e. The number of fused-ring (bicyclic) bond motifs is 1. The Kier molecular flexibility index (Phi) is 6.53.